The molecule has 3 heterocycles. The number of alkyl halides is 6. The third-order valence-corrected chi connectivity index (χ3v) is 9.07. The lowest BCUT2D eigenvalue weighted by atomic mass is 9.92. The Balaban J connectivity index is 1.09. The first-order chi connectivity index (χ1) is 20.3. The molecule has 0 atom stereocenters. The summed E-state index contributed by atoms with van der Waals surface area (Å²) in [7, 11) is -5.38. The summed E-state index contributed by atoms with van der Waals surface area (Å²) >= 11 is 0. The van der Waals surface area contributed by atoms with E-state index in [0.29, 0.717) is 43.6 Å². The van der Waals surface area contributed by atoms with Gasteiger partial charge in [-0.1, -0.05) is 0 Å². The highest BCUT2D eigenvalue weighted by Crippen LogP contribution is 2.32. The molecule has 0 bridgehead atoms. The van der Waals surface area contributed by atoms with Crippen molar-refractivity contribution in [1.82, 2.24) is 9.97 Å². The van der Waals surface area contributed by atoms with Gasteiger partial charge in [0.2, 0.25) is 5.88 Å². The van der Waals surface area contributed by atoms with Crippen molar-refractivity contribution in [2.24, 2.45) is 0 Å². The minimum absolute atomic E-state index is 0.0552. The van der Waals surface area contributed by atoms with E-state index < -0.39 is 32.0 Å². The Morgan fingerprint density at radius 2 is 1.47 bits per heavy atom. The quantitative estimate of drug-likeness (QED) is 0.323. The number of rotatable bonds is 7. The molecule has 2 fully saturated rings. The van der Waals surface area contributed by atoms with E-state index in [1.165, 1.54) is 18.2 Å². The fraction of sp³-hybridized carbons (Fsp3) is 0.429. The van der Waals surface area contributed by atoms with Crippen LogP contribution < -0.4 is 19.9 Å². The SMILES string of the molecule is O=S(=O)(c1ccc(NC2CCC(Oc3cc(N4CCN(c5ccc(C(F)(F)F)cn5)CC4)ccn3)CC2)cc1)C(F)(F)F. The maximum Gasteiger partial charge on any atom is 0.501 e. The fourth-order valence-electron chi connectivity index (χ4n) is 5.19. The minimum Gasteiger partial charge on any atom is -0.474 e. The van der Waals surface area contributed by atoms with Crippen molar-refractivity contribution in [3.63, 3.8) is 0 Å². The van der Waals surface area contributed by atoms with E-state index in [0.717, 1.165) is 55.8 Å². The van der Waals surface area contributed by atoms with Gasteiger partial charge >= 0.3 is 11.7 Å². The summed E-state index contributed by atoms with van der Waals surface area (Å²) in [5.74, 6) is 0.991. The first-order valence-electron chi connectivity index (χ1n) is 13.6. The molecular formula is C28H29F6N5O3S. The Morgan fingerprint density at radius 3 is 2.05 bits per heavy atom. The lowest BCUT2D eigenvalue weighted by molar-refractivity contribution is -0.137. The summed E-state index contributed by atoms with van der Waals surface area (Å²) in [5.41, 5.74) is -4.66. The standard InChI is InChI=1S/C28H29F6N5O3S/c29-27(30,31)19-1-10-25(36-18-19)39-15-13-38(14-16-39)22-11-12-35-26(17-22)42-23-6-2-20(3-7-23)37-21-4-8-24(9-5-21)43(40,41)28(32,33)34/h1,4-5,8-12,17-18,20,23,37H,2-3,6-7,13-16H2. The molecule has 3 aromatic rings. The zero-order valence-electron chi connectivity index (χ0n) is 22.8. The molecule has 1 N–H and O–H groups in total. The number of ether oxygens (including phenoxy) is 1. The summed E-state index contributed by atoms with van der Waals surface area (Å²) in [6.07, 6.45) is 0.970. The molecule has 0 radical (unpaired) electrons. The van der Waals surface area contributed by atoms with Crippen LogP contribution in [-0.2, 0) is 16.0 Å². The van der Waals surface area contributed by atoms with Crippen molar-refractivity contribution in [2.75, 3.05) is 41.3 Å². The monoisotopic (exact) mass is 629 g/mol. The van der Waals surface area contributed by atoms with Crippen LogP contribution in [0.15, 0.2) is 65.8 Å². The summed E-state index contributed by atoms with van der Waals surface area (Å²) in [5, 5.41) is 3.25. The second-order valence-corrected chi connectivity index (χ2v) is 12.4. The van der Waals surface area contributed by atoms with Crippen LogP contribution in [0.3, 0.4) is 0 Å². The van der Waals surface area contributed by atoms with Crippen LogP contribution >= 0.6 is 0 Å². The molecule has 0 amide bonds. The van der Waals surface area contributed by atoms with Gasteiger partial charge in [0.05, 0.1) is 10.5 Å². The third kappa shape index (κ3) is 7.25. The molecule has 232 valence electrons. The number of piperazine rings is 1. The van der Waals surface area contributed by atoms with Crippen molar-refractivity contribution < 1.29 is 39.5 Å². The summed E-state index contributed by atoms with van der Waals surface area (Å²) < 4.78 is 106. The molecule has 15 heteroatoms. The highest BCUT2D eigenvalue weighted by Gasteiger charge is 2.46. The Bertz CT molecular complexity index is 1490. The van der Waals surface area contributed by atoms with Crippen molar-refractivity contribution >= 4 is 27.0 Å². The molecular weight excluding hydrogens is 600 g/mol. The number of nitrogens with one attached hydrogen (secondary N) is 1. The number of pyridine rings is 2. The summed E-state index contributed by atoms with van der Waals surface area (Å²) in [4.78, 5) is 11.6. The molecule has 2 aliphatic rings. The number of halogens is 6. The van der Waals surface area contributed by atoms with Crippen molar-refractivity contribution in [1.29, 1.82) is 0 Å². The number of hydrogen-bond donors (Lipinski definition) is 1. The highest BCUT2D eigenvalue weighted by molar-refractivity contribution is 7.92. The van der Waals surface area contributed by atoms with Crippen LogP contribution in [0.5, 0.6) is 5.88 Å². The molecule has 5 rings (SSSR count). The number of benzene rings is 1. The topological polar surface area (TPSA) is 87.7 Å². The summed E-state index contributed by atoms with van der Waals surface area (Å²) in [6.45, 7) is 2.47. The van der Waals surface area contributed by atoms with E-state index in [-0.39, 0.29) is 12.1 Å². The van der Waals surface area contributed by atoms with Crippen LogP contribution in [0.4, 0.5) is 43.5 Å². The van der Waals surface area contributed by atoms with Crippen LogP contribution in [0, 0.1) is 0 Å². The van der Waals surface area contributed by atoms with Crippen LogP contribution in [-0.4, -0.2) is 62.2 Å². The predicted molar refractivity (Wildman–Crippen MR) is 148 cm³/mol. The Hall–Kier alpha value is -3.75. The smallest absolute Gasteiger partial charge is 0.474 e. The predicted octanol–water partition coefficient (Wildman–Crippen LogP) is 5.92. The maximum absolute atomic E-state index is 12.8. The number of nitrogens with zero attached hydrogens (tertiary/aromatic N) is 4. The average molecular weight is 630 g/mol. The lowest BCUT2D eigenvalue weighted by Gasteiger charge is -2.37. The Kier molecular flexibility index (Phi) is 8.63. The second kappa shape index (κ2) is 12.1. The number of aromatic nitrogens is 2. The van der Waals surface area contributed by atoms with E-state index >= 15 is 0 Å². The molecule has 1 saturated heterocycles. The van der Waals surface area contributed by atoms with Crippen LogP contribution in [0.25, 0.3) is 0 Å². The highest BCUT2D eigenvalue weighted by atomic mass is 32.2. The molecule has 43 heavy (non-hydrogen) atoms. The number of anilines is 3. The zero-order chi connectivity index (χ0) is 30.8. The van der Waals surface area contributed by atoms with Gasteiger partial charge in [-0.25, -0.2) is 18.4 Å². The second-order valence-electron chi connectivity index (χ2n) is 10.4. The van der Waals surface area contributed by atoms with E-state index in [1.807, 2.05) is 17.0 Å². The van der Waals surface area contributed by atoms with E-state index in [9.17, 15) is 34.8 Å². The van der Waals surface area contributed by atoms with Gasteiger partial charge in [-0.05, 0) is 68.1 Å². The number of sulfone groups is 1. The molecule has 0 unspecified atom stereocenters. The molecule has 1 aliphatic heterocycles. The minimum atomic E-state index is -5.38. The molecule has 1 saturated carbocycles. The van der Waals surface area contributed by atoms with Crippen molar-refractivity contribution in [3.05, 3.63) is 66.5 Å². The molecule has 1 aromatic carbocycles. The molecule has 2 aromatic heterocycles. The van der Waals surface area contributed by atoms with Gasteiger partial charge < -0.3 is 19.9 Å². The van der Waals surface area contributed by atoms with Gasteiger partial charge in [-0.15, -0.1) is 0 Å². The van der Waals surface area contributed by atoms with Crippen LogP contribution in [0.2, 0.25) is 0 Å². The maximum atomic E-state index is 12.8. The molecule has 0 spiro atoms. The van der Waals surface area contributed by atoms with Gasteiger partial charge in [0.15, 0.2) is 0 Å². The first-order valence-corrected chi connectivity index (χ1v) is 15.1. The molecule has 1 aliphatic carbocycles. The van der Waals surface area contributed by atoms with Crippen LogP contribution in [0.1, 0.15) is 31.2 Å². The van der Waals surface area contributed by atoms with Gasteiger partial charge in [0, 0.05) is 62.1 Å². The Labute approximate surface area is 244 Å². The normalized spacial score (nSPS) is 20.1. The van der Waals surface area contributed by atoms with Crippen molar-refractivity contribution in [2.45, 2.75) is 54.4 Å². The van der Waals surface area contributed by atoms with Gasteiger partial charge in [0.25, 0.3) is 9.84 Å². The molecule has 8 nitrogen and oxygen atoms in total. The first kappa shape index (κ1) is 30.7. The van der Waals surface area contributed by atoms with Gasteiger partial charge in [-0.3, -0.25) is 0 Å². The Morgan fingerprint density at radius 1 is 0.814 bits per heavy atom. The van der Waals surface area contributed by atoms with Gasteiger partial charge in [0.1, 0.15) is 11.9 Å². The number of hydrogen-bond acceptors (Lipinski definition) is 8. The zero-order valence-corrected chi connectivity index (χ0v) is 23.6. The van der Waals surface area contributed by atoms with Crippen molar-refractivity contribution in [3.8, 4) is 5.88 Å². The van der Waals surface area contributed by atoms with Gasteiger partial charge in [-0.2, -0.15) is 26.3 Å². The van der Waals surface area contributed by atoms with E-state index in [2.05, 4.69) is 20.2 Å². The average Bonchev–Trinajstić information content (AvgIpc) is 2.98. The third-order valence-electron chi connectivity index (χ3n) is 7.56. The lowest BCUT2D eigenvalue weighted by Crippen LogP contribution is -2.46. The largest absolute Gasteiger partial charge is 0.501 e. The summed E-state index contributed by atoms with van der Waals surface area (Å²) in [6, 6.07) is 10.8. The van der Waals surface area contributed by atoms with E-state index in [4.69, 9.17) is 4.74 Å². The van der Waals surface area contributed by atoms with E-state index in [1.54, 1.807) is 6.20 Å². The fourth-order valence-corrected chi connectivity index (χ4v) is 5.95.